The average Bonchev–Trinajstić information content (AvgIpc) is 4.01. The molecule has 3 aromatic rings. The first-order valence-corrected chi connectivity index (χ1v) is 27.3. The molecule has 436 valence electrons. The van der Waals surface area contributed by atoms with Gasteiger partial charge >= 0.3 is 5.97 Å². The maximum absolute atomic E-state index is 15.0. The van der Waals surface area contributed by atoms with E-state index >= 15 is 0 Å². The predicted molar refractivity (Wildman–Crippen MR) is 284 cm³/mol. The number of benzene rings is 1. The summed E-state index contributed by atoms with van der Waals surface area (Å²) in [6.45, 7) is 19.3. The molecule has 7 N–H and O–H groups in total. The number of aryl methyl sites for hydroxylation is 1. The summed E-state index contributed by atoms with van der Waals surface area (Å²) in [5, 5.41) is 73.1. The molecule has 6 rings (SSSR count). The molecule has 3 saturated heterocycles. The van der Waals surface area contributed by atoms with Crippen LogP contribution in [0.5, 0.6) is 0 Å². The lowest BCUT2D eigenvalue weighted by atomic mass is 9.77. The second kappa shape index (κ2) is 25.8. The molecule has 22 heteroatoms. The van der Waals surface area contributed by atoms with Crippen molar-refractivity contribution in [3.63, 3.8) is 0 Å². The maximum atomic E-state index is 15.0. The Kier molecular flexibility index (Phi) is 20.9. The lowest BCUT2D eigenvalue weighted by Crippen LogP contribution is -2.61. The van der Waals surface area contributed by atoms with Gasteiger partial charge < -0.3 is 74.2 Å². The predicted octanol–water partition coefficient (Wildman–Crippen LogP) is 4.08. The number of nitrogens with two attached hydrogens (primary N) is 1. The van der Waals surface area contributed by atoms with Crippen molar-refractivity contribution in [3.8, 4) is 5.69 Å². The SMILES string of the molecule is CC[C@H]1OC(=O)[C@H](C)[C@@H](O[C@H]2C[C@@](C)(OC)[C@@H](O)[C@H](C)O2)[C@H](C)[C@@H](O[C@@H]2O[C@H](C)C[C@H](N(C)CCc3cn([C@H](CF)[C@H](OC)c4ccc(-n5nc(C)cc5N)cc4)nn3)[C@H]2O)[C@](C)(O)C[C@@H](C)CN(C)[C@H](C)[C@@H](O)[C@]1(C)O. The summed E-state index contributed by atoms with van der Waals surface area (Å²) in [5.74, 6) is -2.40. The molecular formula is C55H91FN8O13. The van der Waals surface area contributed by atoms with Gasteiger partial charge in [0.05, 0.1) is 58.6 Å². The number of aliphatic hydroxyl groups excluding tert-OH is 3. The third-order valence-electron chi connectivity index (χ3n) is 16.8. The number of halogens is 1. The van der Waals surface area contributed by atoms with Crippen LogP contribution in [0.15, 0.2) is 36.5 Å². The minimum absolute atomic E-state index is 0.0801. The van der Waals surface area contributed by atoms with Gasteiger partial charge in [0.15, 0.2) is 12.6 Å². The Morgan fingerprint density at radius 3 is 2.26 bits per heavy atom. The van der Waals surface area contributed by atoms with Crippen molar-refractivity contribution in [1.29, 1.82) is 0 Å². The smallest absolute Gasteiger partial charge is 0.311 e. The third kappa shape index (κ3) is 14.1. The van der Waals surface area contributed by atoms with Crippen LogP contribution >= 0.6 is 0 Å². The Labute approximate surface area is 454 Å². The van der Waals surface area contributed by atoms with E-state index in [4.69, 9.17) is 38.9 Å². The largest absolute Gasteiger partial charge is 0.459 e. The number of nitrogen functional groups attached to an aromatic ring is 1. The number of carbonyl (C=O) groups is 1. The number of esters is 1. The number of alkyl halides is 1. The Hall–Kier alpha value is -3.75. The van der Waals surface area contributed by atoms with Gasteiger partial charge in [0, 0.05) is 70.4 Å². The molecule has 2 aromatic heterocycles. The molecule has 1 aromatic carbocycles. The molecule has 0 saturated carbocycles. The summed E-state index contributed by atoms with van der Waals surface area (Å²) in [6, 6.07) is 7.25. The Balaban J connectivity index is 1.25. The third-order valence-corrected chi connectivity index (χ3v) is 16.8. The molecule has 0 amide bonds. The molecule has 0 spiro atoms. The first kappa shape index (κ1) is 62.4. The van der Waals surface area contributed by atoms with Gasteiger partial charge in [0.25, 0.3) is 0 Å². The van der Waals surface area contributed by atoms with E-state index < -0.39 is 127 Å². The highest BCUT2D eigenvalue weighted by atomic mass is 19.1. The lowest BCUT2D eigenvalue weighted by Gasteiger charge is -2.49. The van der Waals surface area contributed by atoms with Gasteiger partial charge in [-0.1, -0.05) is 38.1 Å². The van der Waals surface area contributed by atoms with Gasteiger partial charge in [-0.25, -0.2) is 13.8 Å². The van der Waals surface area contributed by atoms with Crippen molar-refractivity contribution < 1.29 is 67.9 Å². The molecule has 0 unspecified atom stereocenters. The van der Waals surface area contributed by atoms with Crippen LogP contribution in [0.4, 0.5) is 10.2 Å². The molecule has 20 atom stereocenters. The summed E-state index contributed by atoms with van der Waals surface area (Å²) in [6.07, 6.45) is -8.14. The minimum atomic E-state index is -1.86. The molecule has 3 aliphatic heterocycles. The molecular weight excluding hydrogens is 1000 g/mol. The summed E-state index contributed by atoms with van der Waals surface area (Å²) in [4.78, 5) is 18.4. The first-order valence-electron chi connectivity index (χ1n) is 27.3. The number of hydrogen-bond acceptors (Lipinski definition) is 19. The normalized spacial score (nSPS) is 38.2. The Morgan fingerprint density at radius 2 is 1.66 bits per heavy atom. The quantitative estimate of drug-likeness (QED) is 0.110. The number of likely N-dealkylation sites (N-methyl/N-ethyl adjacent to an activating group) is 2. The summed E-state index contributed by atoms with van der Waals surface area (Å²) >= 11 is 0. The van der Waals surface area contributed by atoms with E-state index in [0.29, 0.717) is 37.4 Å². The van der Waals surface area contributed by atoms with Crippen LogP contribution in [0.1, 0.15) is 124 Å². The number of ether oxygens (including phenoxy) is 7. The number of rotatable bonds is 16. The monoisotopic (exact) mass is 1090 g/mol. The molecule has 77 heavy (non-hydrogen) atoms. The zero-order valence-corrected chi connectivity index (χ0v) is 48.0. The van der Waals surface area contributed by atoms with Gasteiger partial charge in [-0.2, -0.15) is 5.10 Å². The van der Waals surface area contributed by atoms with Gasteiger partial charge in [0.2, 0.25) is 0 Å². The van der Waals surface area contributed by atoms with Crippen molar-refractivity contribution in [3.05, 3.63) is 53.5 Å². The zero-order chi connectivity index (χ0) is 57.1. The summed E-state index contributed by atoms with van der Waals surface area (Å²) in [5.41, 5.74) is 4.39. The fourth-order valence-corrected chi connectivity index (χ4v) is 12.0. The maximum Gasteiger partial charge on any atom is 0.311 e. The number of anilines is 1. The number of aromatic nitrogens is 5. The van der Waals surface area contributed by atoms with E-state index in [1.807, 2.05) is 68.9 Å². The van der Waals surface area contributed by atoms with Gasteiger partial charge in [-0.3, -0.25) is 4.79 Å². The molecule has 3 aliphatic rings. The average molecular weight is 1090 g/mol. The van der Waals surface area contributed by atoms with Crippen LogP contribution in [0.2, 0.25) is 0 Å². The molecule has 21 nitrogen and oxygen atoms in total. The zero-order valence-electron chi connectivity index (χ0n) is 48.0. The topological polar surface area (TPSA) is 264 Å². The van der Waals surface area contributed by atoms with Crippen LogP contribution in [-0.2, 0) is 44.4 Å². The summed E-state index contributed by atoms with van der Waals surface area (Å²) < 4.78 is 62.3. The molecule has 0 radical (unpaired) electrons. The summed E-state index contributed by atoms with van der Waals surface area (Å²) in [7, 11) is 6.72. The molecule has 3 fully saturated rings. The number of methoxy groups -OCH3 is 2. The van der Waals surface area contributed by atoms with E-state index in [1.54, 1.807) is 65.4 Å². The van der Waals surface area contributed by atoms with Crippen molar-refractivity contribution in [2.45, 2.75) is 211 Å². The molecule has 5 heterocycles. The second-order valence-electron chi connectivity index (χ2n) is 23.2. The van der Waals surface area contributed by atoms with Crippen LogP contribution in [0.3, 0.4) is 0 Å². The van der Waals surface area contributed by atoms with Crippen molar-refractivity contribution in [2.75, 3.05) is 53.8 Å². The van der Waals surface area contributed by atoms with E-state index in [0.717, 1.165) is 16.9 Å². The fraction of sp³-hybridized carbons (Fsp3) is 0.782. The van der Waals surface area contributed by atoms with E-state index in [1.165, 1.54) is 25.8 Å². The standard InChI is InChI=1S/C55H91FN8O13/c1-16-42-55(11,70)48(66)35(7)62(13)28-30(2)25-53(9,69)50(33(5)46(34(6)51(68)75-42)76-44-26-54(10,72-15)49(67)36(8)74-44)77-52-45(65)40(24-32(4)73-52)61(12)22-21-38-29-63(60-58-38)41(27-56)47(71-14)37-17-19-39(20-18-37)64-43(57)23-31(3)59-64/h17-20,23,29-30,32-36,40-42,44-50,52,65-67,69-70H,16,21-22,24-28,57H2,1-15H3/t30-,32-,33+,34-,35-,36+,40+,41-,42-,44+,45-,46+,47-,48-,49+,50-,52+,53-,54-,55-/m1/s1. The molecule has 0 bridgehead atoms. The van der Waals surface area contributed by atoms with E-state index in [9.17, 15) is 34.7 Å². The minimum Gasteiger partial charge on any atom is -0.459 e. The van der Waals surface area contributed by atoms with Crippen LogP contribution in [-0.4, -0.2) is 204 Å². The highest BCUT2D eigenvalue weighted by Crippen LogP contribution is 2.41. The van der Waals surface area contributed by atoms with Crippen molar-refractivity contribution in [2.24, 2.45) is 17.8 Å². The first-order chi connectivity index (χ1) is 36.1. The highest BCUT2D eigenvalue weighted by molar-refractivity contribution is 5.73. The Morgan fingerprint density at radius 1 is 0.987 bits per heavy atom. The second-order valence-corrected chi connectivity index (χ2v) is 23.2. The van der Waals surface area contributed by atoms with Gasteiger partial charge in [-0.05, 0) is 112 Å². The number of cyclic esters (lactones) is 1. The van der Waals surface area contributed by atoms with E-state index in [-0.39, 0.29) is 25.2 Å². The number of aliphatic hydroxyl groups is 5. The number of hydrogen-bond donors (Lipinski definition) is 6. The molecule has 0 aliphatic carbocycles. The van der Waals surface area contributed by atoms with Crippen LogP contribution in [0, 0.1) is 24.7 Å². The van der Waals surface area contributed by atoms with Crippen LogP contribution in [0.25, 0.3) is 5.69 Å². The van der Waals surface area contributed by atoms with Gasteiger partial charge in [0.1, 0.15) is 54.7 Å². The number of nitrogens with zero attached hydrogens (tertiary/aromatic N) is 7. The lowest BCUT2D eigenvalue weighted by molar-refractivity contribution is -0.318. The van der Waals surface area contributed by atoms with E-state index in [2.05, 4.69) is 15.4 Å². The highest BCUT2D eigenvalue weighted by Gasteiger charge is 2.53. The van der Waals surface area contributed by atoms with Gasteiger partial charge in [-0.15, -0.1) is 5.10 Å². The van der Waals surface area contributed by atoms with Crippen molar-refractivity contribution >= 4 is 11.8 Å². The van der Waals surface area contributed by atoms with Crippen LogP contribution < -0.4 is 5.73 Å². The number of carbonyl (C=O) groups excluding carboxylic acids is 1. The fourth-order valence-electron chi connectivity index (χ4n) is 12.0. The Bertz CT molecular complexity index is 2340. The van der Waals surface area contributed by atoms with Crippen molar-refractivity contribution in [1.82, 2.24) is 34.6 Å².